The SMILES string of the molecule is CC(C)(C)[O-].[Zn+2].[c-]1ccccc1. The summed E-state index contributed by atoms with van der Waals surface area (Å²) < 4.78 is 0. The van der Waals surface area contributed by atoms with Gasteiger partial charge in [0.2, 0.25) is 0 Å². The zero-order chi connectivity index (χ0) is 8.74. The van der Waals surface area contributed by atoms with Gasteiger partial charge in [-0.05, 0) is 0 Å². The van der Waals surface area contributed by atoms with E-state index in [0.717, 1.165) is 0 Å². The minimum Gasteiger partial charge on any atom is -0.850 e. The average Bonchev–Trinajstić information content (AvgIpc) is 1.88. The van der Waals surface area contributed by atoms with Gasteiger partial charge >= 0.3 is 19.5 Å². The van der Waals surface area contributed by atoms with Crippen molar-refractivity contribution in [3.63, 3.8) is 0 Å². The minimum absolute atomic E-state index is 0. The minimum atomic E-state index is -0.750. The van der Waals surface area contributed by atoms with Crippen LogP contribution in [0.1, 0.15) is 20.8 Å². The molecule has 1 nitrogen and oxygen atoms in total. The molecule has 62 valence electrons. The Balaban J connectivity index is 0. The molecule has 0 fully saturated rings. The van der Waals surface area contributed by atoms with Gasteiger partial charge in [0.25, 0.3) is 0 Å². The van der Waals surface area contributed by atoms with Gasteiger partial charge in [0.15, 0.2) is 0 Å². The molecule has 0 heterocycles. The zero-order valence-corrected chi connectivity index (χ0v) is 11.0. The second-order valence-electron chi connectivity index (χ2n) is 3.19. The molecule has 0 N–H and O–H groups in total. The molecule has 1 aromatic carbocycles. The van der Waals surface area contributed by atoms with Crippen molar-refractivity contribution >= 4 is 0 Å². The van der Waals surface area contributed by atoms with E-state index >= 15 is 0 Å². The monoisotopic (exact) mass is 214 g/mol. The fraction of sp³-hybridized carbons (Fsp3) is 0.400. The Morgan fingerprint density at radius 2 is 1.33 bits per heavy atom. The van der Waals surface area contributed by atoms with E-state index in [1.165, 1.54) is 0 Å². The van der Waals surface area contributed by atoms with E-state index in [1.54, 1.807) is 20.8 Å². The summed E-state index contributed by atoms with van der Waals surface area (Å²) in [5.74, 6) is 0. The smallest absolute Gasteiger partial charge is 0.850 e. The number of hydrogen-bond donors (Lipinski definition) is 0. The maximum absolute atomic E-state index is 10.1. The predicted octanol–water partition coefficient (Wildman–Crippen LogP) is 1.63. The van der Waals surface area contributed by atoms with E-state index in [1.807, 2.05) is 30.3 Å². The van der Waals surface area contributed by atoms with E-state index in [0.29, 0.717) is 0 Å². The molecule has 0 amide bonds. The molecule has 0 spiro atoms. The maximum atomic E-state index is 10.1. The fourth-order valence-corrected chi connectivity index (χ4v) is 0.342. The Morgan fingerprint density at radius 1 is 1.00 bits per heavy atom. The van der Waals surface area contributed by atoms with Gasteiger partial charge in [-0.1, -0.05) is 20.8 Å². The number of hydrogen-bond acceptors (Lipinski definition) is 1. The molecule has 0 unspecified atom stereocenters. The molecule has 0 saturated heterocycles. The predicted molar refractivity (Wildman–Crippen MR) is 45.0 cm³/mol. The van der Waals surface area contributed by atoms with Crippen LogP contribution in [0.2, 0.25) is 0 Å². The third-order valence-electron chi connectivity index (χ3n) is 0.607. The van der Waals surface area contributed by atoms with Gasteiger partial charge in [-0.15, -0.1) is 5.60 Å². The topological polar surface area (TPSA) is 23.1 Å². The van der Waals surface area contributed by atoms with Crippen LogP contribution in [0.5, 0.6) is 0 Å². The van der Waals surface area contributed by atoms with Crippen LogP contribution in [0.4, 0.5) is 0 Å². The van der Waals surface area contributed by atoms with Gasteiger partial charge < -0.3 is 5.11 Å². The van der Waals surface area contributed by atoms with Crippen LogP contribution >= 0.6 is 0 Å². The molecule has 0 aliphatic heterocycles. The van der Waals surface area contributed by atoms with Gasteiger partial charge in [-0.2, -0.15) is 36.4 Å². The van der Waals surface area contributed by atoms with Gasteiger partial charge in [0.1, 0.15) is 0 Å². The molecule has 0 atom stereocenters. The first-order valence-corrected chi connectivity index (χ1v) is 3.61. The molecule has 1 rings (SSSR count). The van der Waals surface area contributed by atoms with Crippen molar-refractivity contribution < 1.29 is 24.6 Å². The summed E-state index contributed by atoms with van der Waals surface area (Å²) in [6.45, 7) is 4.90. The first-order chi connectivity index (χ1) is 5.00. The van der Waals surface area contributed by atoms with Gasteiger partial charge in [-0.25, -0.2) is 0 Å². The standard InChI is InChI=1S/C6H5.C4H9O.Zn/c1-2-4-6-5-3-1;1-4(2,3)5;/h1-5H;1-3H3;/q2*-1;+2. The molecule has 0 aliphatic carbocycles. The fourth-order valence-electron chi connectivity index (χ4n) is 0.342. The van der Waals surface area contributed by atoms with Crippen molar-refractivity contribution in [2.24, 2.45) is 0 Å². The third-order valence-corrected chi connectivity index (χ3v) is 0.607. The van der Waals surface area contributed by atoms with Crippen LogP contribution in [0.3, 0.4) is 0 Å². The van der Waals surface area contributed by atoms with Gasteiger partial charge in [0.05, 0.1) is 0 Å². The van der Waals surface area contributed by atoms with Crippen LogP contribution in [0.15, 0.2) is 30.3 Å². The second-order valence-corrected chi connectivity index (χ2v) is 3.19. The summed E-state index contributed by atoms with van der Waals surface area (Å²) in [5, 5.41) is 10.1. The van der Waals surface area contributed by atoms with Crippen LogP contribution < -0.4 is 5.11 Å². The van der Waals surface area contributed by atoms with E-state index < -0.39 is 5.60 Å². The van der Waals surface area contributed by atoms with E-state index in [2.05, 4.69) is 6.07 Å². The Bertz CT molecular complexity index is 134. The molecule has 0 saturated carbocycles. The molecular weight excluding hydrogens is 201 g/mol. The first-order valence-electron chi connectivity index (χ1n) is 3.61. The second kappa shape index (κ2) is 7.45. The summed E-state index contributed by atoms with van der Waals surface area (Å²) in [6, 6.07) is 12.5. The van der Waals surface area contributed by atoms with E-state index in [9.17, 15) is 5.11 Å². The van der Waals surface area contributed by atoms with Crippen molar-refractivity contribution in [2.45, 2.75) is 26.4 Å². The Morgan fingerprint density at radius 3 is 1.42 bits per heavy atom. The molecule has 0 bridgehead atoms. The number of rotatable bonds is 0. The van der Waals surface area contributed by atoms with Crippen LogP contribution in [-0.2, 0) is 19.5 Å². The summed E-state index contributed by atoms with van der Waals surface area (Å²) in [5.41, 5.74) is -0.750. The van der Waals surface area contributed by atoms with Crippen molar-refractivity contribution in [1.82, 2.24) is 0 Å². The Labute approximate surface area is 87.6 Å². The summed E-state index contributed by atoms with van der Waals surface area (Å²) in [6.07, 6.45) is 0. The third kappa shape index (κ3) is 22.6. The quantitative estimate of drug-likeness (QED) is 0.477. The van der Waals surface area contributed by atoms with Gasteiger partial charge in [-0.3, -0.25) is 0 Å². The normalized spacial score (nSPS) is 9.00. The van der Waals surface area contributed by atoms with Crippen molar-refractivity contribution in [3.8, 4) is 0 Å². The molecule has 2 heteroatoms. The molecule has 12 heavy (non-hydrogen) atoms. The summed E-state index contributed by atoms with van der Waals surface area (Å²) >= 11 is 0. The molecular formula is C10H14OZn. The molecule has 0 radical (unpaired) electrons. The Hall–Kier alpha value is -0.197. The summed E-state index contributed by atoms with van der Waals surface area (Å²) in [7, 11) is 0. The maximum Gasteiger partial charge on any atom is 2.00 e. The van der Waals surface area contributed by atoms with Crippen molar-refractivity contribution in [1.29, 1.82) is 0 Å². The number of benzene rings is 1. The Kier molecular flexibility index (Phi) is 8.90. The van der Waals surface area contributed by atoms with Crippen LogP contribution in [-0.4, -0.2) is 5.60 Å². The first kappa shape index (κ1) is 14.3. The van der Waals surface area contributed by atoms with Gasteiger partial charge in [0, 0.05) is 0 Å². The van der Waals surface area contributed by atoms with Crippen LogP contribution in [0, 0.1) is 6.07 Å². The molecule has 0 aromatic heterocycles. The molecule has 0 aliphatic rings. The van der Waals surface area contributed by atoms with E-state index in [-0.39, 0.29) is 19.5 Å². The van der Waals surface area contributed by atoms with Crippen molar-refractivity contribution in [3.05, 3.63) is 36.4 Å². The van der Waals surface area contributed by atoms with E-state index in [4.69, 9.17) is 0 Å². The largest absolute Gasteiger partial charge is 2.00 e. The van der Waals surface area contributed by atoms with Crippen LogP contribution in [0.25, 0.3) is 0 Å². The average molecular weight is 216 g/mol. The summed E-state index contributed by atoms with van der Waals surface area (Å²) in [4.78, 5) is 0. The molecule has 1 aromatic rings. The van der Waals surface area contributed by atoms with Crippen molar-refractivity contribution in [2.75, 3.05) is 0 Å². The zero-order valence-electron chi connectivity index (χ0n) is 8.00.